The Morgan fingerprint density at radius 1 is 0.667 bits per heavy atom. The number of ether oxygens (including phenoxy) is 4. The number of esters is 1. The molecule has 2 rings (SSSR count). The van der Waals surface area contributed by atoms with Crippen molar-refractivity contribution in [2.45, 2.75) is 91.6 Å². The molecule has 0 saturated carbocycles. The second-order valence-electron chi connectivity index (χ2n) is 13.1. The molecule has 0 unspecified atom stereocenters. The summed E-state index contributed by atoms with van der Waals surface area (Å²) in [7, 11) is 1.09. The van der Waals surface area contributed by atoms with Crippen LogP contribution in [-0.2, 0) is 35.0 Å². The average Bonchev–Trinajstić information content (AvgIpc) is 2.90. The van der Waals surface area contributed by atoms with Crippen molar-refractivity contribution in [1.82, 2.24) is 9.80 Å². The number of imide groups is 2. The highest BCUT2D eigenvalue weighted by molar-refractivity contribution is 6.08. The van der Waals surface area contributed by atoms with Gasteiger partial charge in [-0.1, -0.05) is 60.7 Å². The van der Waals surface area contributed by atoms with E-state index in [2.05, 4.69) is 0 Å². The first-order valence-corrected chi connectivity index (χ1v) is 14.4. The molecule has 45 heavy (non-hydrogen) atoms. The third kappa shape index (κ3) is 11.7. The number of benzene rings is 2. The zero-order chi connectivity index (χ0) is 34.2. The Hall–Kier alpha value is -4.67. The van der Waals surface area contributed by atoms with E-state index in [9.17, 15) is 24.0 Å². The summed E-state index contributed by atoms with van der Waals surface area (Å²) >= 11 is 0. The third-order valence-corrected chi connectivity index (χ3v) is 5.58. The predicted molar refractivity (Wildman–Crippen MR) is 168 cm³/mol. The molecule has 0 N–H and O–H groups in total. The molecule has 4 amide bonds. The predicted octanol–water partition coefficient (Wildman–Crippen LogP) is 6.75. The summed E-state index contributed by atoms with van der Waals surface area (Å²) in [6.07, 6.45) is -2.61. The number of nitrogens with zero attached hydrogens (tertiary/aromatic N) is 2. The van der Waals surface area contributed by atoms with Gasteiger partial charge in [0.1, 0.15) is 28.5 Å². The lowest BCUT2D eigenvalue weighted by Crippen LogP contribution is -2.57. The van der Waals surface area contributed by atoms with Gasteiger partial charge < -0.3 is 18.9 Å². The van der Waals surface area contributed by atoms with Crippen LogP contribution in [0.5, 0.6) is 0 Å². The topological polar surface area (TPSA) is 129 Å². The molecule has 2 aromatic rings. The normalized spacial score (nSPS) is 12.8. The van der Waals surface area contributed by atoms with E-state index in [1.807, 2.05) is 0 Å². The van der Waals surface area contributed by atoms with E-state index in [1.165, 1.54) is 6.08 Å². The number of carbonyl (C=O) groups is 5. The fourth-order valence-electron chi connectivity index (χ4n) is 3.87. The molecule has 2 aromatic carbocycles. The van der Waals surface area contributed by atoms with Crippen molar-refractivity contribution in [3.63, 3.8) is 0 Å². The monoisotopic (exact) mass is 624 g/mol. The van der Waals surface area contributed by atoms with E-state index in [1.54, 1.807) is 123 Å². The standard InChI is InChI=1S/C34H44N2O9/c1-32(2,3)43-29(39)35(26(28(38)42-10)22-24-19-15-12-16-20-24)27(37)25(21-23-17-13-11-14-18-23)36(30(40)44-33(4,5)6)31(41)45-34(7,8)9/h11-20,22,25H,21H2,1-10H3/b26-22-/t25-/m0/s1. The van der Waals surface area contributed by atoms with Gasteiger partial charge in [0.15, 0.2) is 0 Å². The van der Waals surface area contributed by atoms with Crippen molar-refractivity contribution < 1.29 is 42.9 Å². The first kappa shape index (κ1) is 36.5. The van der Waals surface area contributed by atoms with Gasteiger partial charge in [-0.05, 0) is 79.5 Å². The van der Waals surface area contributed by atoms with Crippen LogP contribution in [0.15, 0.2) is 66.4 Å². The number of carbonyl (C=O) groups excluding carboxylic acids is 5. The summed E-state index contributed by atoms with van der Waals surface area (Å²) in [6.45, 7) is 14.3. The lowest BCUT2D eigenvalue weighted by Gasteiger charge is -2.35. The molecule has 0 aliphatic rings. The molecular weight excluding hydrogens is 580 g/mol. The molecule has 0 heterocycles. The fourth-order valence-corrected chi connectivity index (χ4v) is 3.87. The molecular formula is C34H44N2O9. The van der Waals surface area contributed by atoms with Crippen molar-refractivity contribution >= 4 is 36.2 Å². The molecule has 11 heteroatoms. The largest absolute Gasteiger partial charge is 0.464 e. The number of rotatable bonds is 7. The molecule has 0 saturated heterocycles. The average molecular weight is 625 g/mol. The molecule has 0 aromatic heterocycles. The molecule has 0 bridgehead atoms. The van der Waals surface area contributed by atoms with Gasteiger partial charge in [-0.2, -0.15) is 4.90 Å². The molecule has 0 aliphatic heterocycles. The molecule has 0 spiro atoms. The van der Waals surface area contributed by atoms with Crippen LogP contribution in [0.25, 0.3) is 6.08 Å². The van der Waals surface area contributed by atoms with Crippen molar-refractivity contribution in [2.24, 2.45) is 0 Å². The summed E-state index contributed by atoms with van der Waals surface area (Å²) in [5.74, 6) is -2.19. The maximum absolute atomic E-state index is 14.7. The van der Waals surface area contributed by atoms with Crippen molar-refractivity contribution in [1.29, 1.82) is 0 Å². The minimum absolute atomic E-state index is 0.267. The van der Waals surface area contributed by atoms with Gasteiger partial charge in [0.05, 0.1) is 7.11 Å². The van der Waals surface area contributed by atoms with Crippen molar-refractivity contribution in [3.05, 3.63) is 77.5 Å². The lowest BCUT2D eigenvalue weighted by atomic mass is 10.0. The molecule has 1 atom stereocenters. The second kappa shape index (κ2) is 14.9. The van der Waals surface area contributed by atoms with E-state index in [-0.39, 0.29) is 6.42 Å². The van der Waals surface area contributed by atoms with Crippen LogP contribution in [0.3, 0.4) is 0 Å². The Morgan fingerprint density at radius 2 is 1.09 bits per heavy atom. The highest BCUT2D eigenvalue weighted by Crippen LogP contribution is 2.25. The van der Waals surface area contributed by atoms with Gasteiger partial charge in [-0.15, -0.1) is 0 Å². The molecule has 0 aliphatic carbocycles. The van der Waals surface area contributed by atoms with E-state index in [4.69, 9.17) is 18.9 Å². The van der Waals surface area contributed by atoms with Gasteiger partial charge in [0, 0.05) is 6.42 Å². The quantitative estimate of drug-likeness (QED) is 0.187. The summed E-state index contributed by atoms with van der Waals surface area (Å²) in [6, 6.07) is 15.2. The SMILES string of the molecule is COC(=O)/C(=C/c1ccccc1)N(C(=O)OC(C)(C)C)C(=O)[C@H](Cc1ccccc1)N(C(=O)OC(C)(C)C)C(=O)OC(C)(C)C. The smallest absolute Gasteiger partial charge is 0.422 e. The summed E-state index contributed by atoms with van der Waals surface area (Å²) in [4.78, 5) is 70.2. The summed E-state index contributed by atoms with van der Waals surface area (Å²) < 4.78 is 21.6. The Bertz CT molecular complexity index is 1350. The van der Waals surface area contributed by atoms with E-state index >= 15 is 0 Å². The highest BCUT2D eigenvalue weighted by Gasteiger charge is 2.46. The Balaban J connectivity index is 2.90. The van der Waals surface area contributed by atoms with Crippen LogP contribution in [0.1, 0.15) is 73.4 Å². The number of hydrogen-bond acceptors (Lipinski definition) is 9. The molecule has 0 radical (unpaired) electrons. The van der Waals surface area contributed by atoms with Crippen LogP contribution in [0.4, 0.5) is 14.4 Å². The number of amides is 4. The van der Waals surface area contributed by atoms with E-state index in [0.29, 0.717) is 20.9 Å². The van der Waals surface area contributed by atoms with Gasteiger partial charge in [-0.25, -0.2) is 24.1 Å². The van der Waals surface area contributed by atoms with Crippen LogP contribution >= 0.6 is 0 Å². The number of methoxy groups -OCH3 is 1. The Kier molecular flexibility index (Phi) is 12.1. The van der Waals surface area contributed by atoms with Crippen LogP contribution < -0.4 is 0 Å². The van der Waals surface area contributed by atoms with Gasteiger partial charge in [0.2, 0.25) is 0 Å². The molecule has 244 valence electrons. The van der Waals surface area contributed by atoms with Crippen LogP contribution in [-0.4, -0.2) is 69.9 Å². The van der Waals surface area contributed by atoms with Crippen LogP contribution in [0, 0.1) is 0 Å². The zero-order valence-corrected chi connectivity index (χ0v) is 27.7. The Labute approximate surface area is 265 Å². The first-order valence-electron chi connectivity index (χ1n) is 14.4. The third-order valence-electron chi connectivity index (χ3n) is 5.58. The highest BCUT2D eigenvalue weighted by atomic mass is 16.6. The molecule has 0 fully saturated rings. The van der Waals surface area contributed by atoms with E-state index in [0.717, 1.165) is 7.11 Å². The second-order valence-corrected chi connectivity index (χ2v) is 13.1. The van der Waals surface area contributed by atoms with Crippen molar-refractivity contribution in [3.8, 4) is 0 Å². The summed E-state index contributed by atoms with van der Waals surface area (Å²) in [5, 5.41) is 0. The maximum atomic E-state index is 14.7. The zero-order valence-electron chi connectivity index (χ0n) is 27.7. The van der Waals surface area contributed by atoms with Crippen molar-refractivity contribution in [2.75, 3.05) is 7.11 Å². The van der Waals surface area contributed by atoms with E-state index < -0.39 is 58.7 Å². The van der Waals surface area contributed by atoms with Gasteiger partial charge in [0.25, 0.3) is 5.91 Å². The lowest BCUT2D eigenvalue weighted by molar-refractivity contribution is -0.143. The number of hydrogen-bond donors (Lipinski definition) is 0. The first-order chi connectivity index (χ1) is 20.7. The van der Waals surface area contributed by atoms with Gasteiger partial charge >= 0.3 is 24.2 Å². The summed E-state index contributed by atoms with van der Waals surface area (Å²) in [5.41, 5.74) is -2.78. The maximum Gasteiger partial charge on any atom is 0.422 e. The Morgan fingerprint density at radius 3 is 1.51 bits per heavy atom. The fraction of sp³-hybridized carbons (Fsp3) is 0.441. The minimum atomic E-state index is -1.74. The van der Waals surface area contributed by atoms with Crippen LogP contribution in [0.2, 0.25) is 0 Å². The van der Waals surface area contributed by atoms with Gasteiger partial charge in [-0.3, -0.25) is 4.79 Å². The minimum Gasteiger partial charge on any atom is -0.464 e. The molecule has 11 nitrogen and oxygen atoms in total.